The van der Waals surface area contributed by atoms with Gasteiger partial charge in [-0.15, -0.1) is 0 Å². The first-order valence-electron chi connectivity index (χ1n) is 6.64. The predicted molar refractivity (Wildman–Crippen MR) is 75.1 cm³/mol. The van der Waals surface area contributed by atoms with Gasteiger partial charge in [0.25, 0.3) is 0 Å². The summed E-state index contributed by atoms with van der Waals surface area (Å²) in [6, 6.07) is 7.23. The smallest absolute Gasteiger partial charge is 0.222 e. The molecule has 106 valence electrons. The maximum atomic E-state index is 11.8. The average molecular weight is 265 g/mol. The Bertz CT molecular complexity index is 389. The number of methoxy groups -OCH3 is 1. The van der Waals surface area contributed by atoms with Gasteiger partial charge in [0, 0.05) is 13.5 Å². The van der Waals surface area contributed by atoms with Crippen molar-refractivity contribution in [3.63, 3.8) is 0 Å². The zero-order valence-electron chi connectivity index (χ0n) is 11.9. The molecule has 1 N–H and O–H groups in total. The van der Waals surface area contributed by atoms with Crippen LogP contribution < -0.4 is 4.74 Å². The summed E-state index contributed by atoms with van der Waals surface area (Å²) in [5.74, 6) is 0.831. The molecule has 0 aromatic heterocycles. The molecule has 0 aliphatic heterocycles. The van der Waals surface area contributed by atoms with Crippen LogP contribution in [0.5, 0.6) is 5.75 Å². The summed E-state index contributed by atoms with van der Waals surface area (Å²) in [4.78, 5) is 13.4. The van der Waals surface area contributed by atoms with E-state index in [1.54, 1.807) is 31.2 Å². The Hall–Kier alpha value is -1.55. The largest absolute Gasteiger partial charge is 0.497 e. The summed E-state index contributed by atoms with van der Waals surface area (Å²) in [7, 11) is 3.33. The van der Waals surface area contributed by atoms with E-state index < -0.39 is 6.10 Å². The van der Waals surface area contributed by atoms with Crippen molar-refractivity contribution in [3.05, 3.63) is 29.8 Å². The minimum absolute atomic E-state index is 0.0782. The Balaban J connectivity index is 2.52. The molecule has 1 rings (SSSR count). The molecule has 19 heavy (non-hydrogen) atoms. The summed E-state index contributed by atoms with van der Waals surface area (Å²) in [6.07, 6.45) is 1.77. The van der Waals surface area contributed by atoms with Crippen LogP contribution >= 0.6 is 0 Å². The lowest BCUT2D eigenvalue weighted by Gasteiger charge is -2.21. The van der Waals surface area contributed by atoms with E-state index in [9.17, 15) is 9.90 Å². The minimum atomic E-state index is -0.665. The molecule has 0 aliphatic rings. The summed E-state index contributed by atoms with van der Waals surface area (Å²) in [5, 5.41) is 10.1. The van der Waals surface area contributed by atoms with E-state index in [1.807, 2.05) is 12.1 Å². The number of ether oxygens (including phenoxy) is 1. The van der Waals surface area contributed by atoms with Crippen LogP contribution in [-0.2, 0) is 4.79 Å². The number of carbonyl (C=O) groups is 1. The van der Waals surface area contributed by atoms with Crippen LogP contribution in [0.15, 0.2) is 24.3 Å². The predicted octanol–water partition coefficient (Wildman–Crippen LogP) is 2.38. The summed E-state index contributed by atoms with van der Waals surface area (Å²) in [5.41, 5.74) is 0.788. The van der Waals surface area contributed by atoms with Crippen molar-refractivity contribution in [2.24, 2.45) is 0 Å². The van der Waals surface area contributed by atoms with Gasteiger partial charge in [0.1, 0.15) is 5.75 Å². The maximum absolute atomic E-state index is 11.8. The molecule has 4 nitrogen and oxygen atoms in total. The van der Waals surface area contributed by atoms with E-state index in [2.05, 4.69) is 6.92 Å². The fraction of sp³-hybridized carbons (Fsp3) is 0.533. The van der Waals surface area contributed by atoms with Gasteiger partial charge in [-0.1, -0.05) is 25.5 Å². The Morgan fingerprint density at radius 2 is 2.00 bits per heavy atom. The van der Waals surface area contributed by atoms with Gasteiger partial charge in [-0.3, -0.25) is 4.79 Å². The Kier molecular flexibility index (Phi) is 6.36. The molecule has 0 radical (unpaired) electrons. The van der Waals surface area contributed by atoms with Crippen molar-refractivity contribution in [2.45, 2.75) is 32.3 Å². The number of nitrogens with zero attached hydrogens (tertiary/aromatic N) is 1. The molecule has 1 aromatic rings. The van der Waals surface area contributed by atoms with Crippen LogP contribution in [0, 0.1) is 0 Å². The van der Waals surface area contributed by atoms with E-state index >= 15 is 0 Å². The van der Waals surface area contributed by atoms with Crippen molar-refractivity contribution in [1.29, 1.82) is 0 Å². The molecular formula is C15H23NO3. The second-order valence-electron chi connectivity index (χ2n) is 4.67. The summed E-state index contributed by atoms with van der Waals surface area (Å²) in [6.45, 7) is 2.37. The molecule has 1 atom stereocenters. The number of hydrogen-bond acceptors (Lipinski definition) is 3. The highest BCUT2D eigenvalue weighted by Gasteiger charge is 2.14. The number of benzene rings is 1. The van der Waals surface area contributed by atoms with Crippen molar-refractivity contribution in [3.8, 4) is 5.75 Å². The monoisotopic (exact) mass is 265 g/mol. The van der Waals surface area contributed by atoms with Gasteiger partial charge in [-0.2, -0.15) is 0 Å². The van der Waals surface area contributed by atoms with E-state index in [0.717, 1.165) is 24.2 Å². The lowest BCUT2D eigenvalue weighted by atomic mass is 10.1. The van der Waals surface area contributed by atoms with Gasteiger partial charge >= 0.3 is 0 Å². The number of rotatable bonds is 7. The average Bonchev–Trinajstić information content (AvgIpc) is 2.44. The van der Waals surface area contributed by atoms with Crippen molar-refractivity contribution in [2.75, 3.05) is 20.7 Å². The van der Waals surface area contributed by atoms with Gasteiger partial charge in [0.2, 0.25) is 5.91 Å². The molecule has 0 aliphatic carbocycles. The molecule has 1 aromatic carbocycles. The van der Waals surface area contributed by atoms with Crippen molar-refractivity contribution >= 4 is 5.91 Å². The number of hydrogen-bond donors (Lipinski definition) is 1. The summed E-state index contributed by atoms with van der Waals surface area (Å²) < 4.78 is 5.07. The minimum Gasteiger partial charge on any atom is -0.497 e. The van der Waals surface area contributed by atoms with Gasteiger partial charge in [-0.05, 0) is 24.1 Å². The van der Waals surface area contributed by atoms with E-state index in [1.165, 1.54) is 0 Å². The zero-order valence-corrected chi connectivity index (χ0v) is 11.9. The first-order chi connectivity index (χ1) is 9.08. The maximum Gasteiger partial charge on any atom is 0.222 e. The Labute approximate surface area is 115 Å². The quantitative estimate of drug-likeness (QED) is 0.823. The number of aliphatic hydroxyl groups is 1. The van der Waals surface area contributed by atoms with Crippen molar-refractivity contribution in [1.82, 2.24) is 4.90 Å². The standard InChI is InChI=1S/C15H23NO3/c1-4-5-6-15(18)16(2)11-14(17)12-7-9-13(19-3)10-8-12/h7-10,14,17H,4-6,11H2,1-3H3. The molecule has 1 amide bonds. The number of unbranched alkanes of at least 4 members (excludes halogenated alkanes) is 1. The third kappa shape index (κ3) is 4.91. The van der Waals surface area contributed by atoms with Crippen LogP contribution in [0.2, 0.25) is 0 Å². The fourth-order valence-electron chi connectivity index (χ4n) is 1.81. The third-order valence-electron chi connectivity index (χ3n) is 3.12. The number of amides is 1. The third-order valence-corrected chi connectivity index (χ3v) is 3.12. The van der Waals surface area contributed by atoms with Crippen LogP contribution in [0.3, 0.4) is 0 Å². The number of carbonyl (C=O) groups excluding carboxylic acids is 1. The summed E-state index contributed by atoms with van der Waals surface area (Å²) >= 11 is 0. The molecule has 1 unspecified atom stereocenters. The second kappa shape index (κ2) is 7.79. The highest BCUT2D eigenvalue weighted by Crippen LogP contribution is 2.18. The zero-order chi connectivity index (χ0) is 14.3. The number of aliphatic hydroxyl groups excluding tert-OH is 1. The Morgan fingerprint density at radius 1 is 1.37 bits per heavy atom. The first kappa shape index (κ1) is 15.5. The lowest BCUT2D eigenvalue weighted by molar-refractivity contribution is -0.131. The molecule has 4 heteroatoms. The molecule has 0 saturated heterocycles. The second-order valence-corrected chi connectivity index (χ2v) is 4.67. The van der Waals surface area contributed by atoms with Crippen LogP contribution in [0.1, 0.15) is 37.9 Å². The van der Waals surface area contributed by atoms with E-state index in [4.69, 9.17) is 4.74 Å². The van der Waals surface area contributed by atoms with Crippen LogP contribution in [0.4, 0.5) is 0 Å². The molecular weight excluding hydrogens is 242 g/mol. The van der Waals surface area contributed by atoms with E-state index in [0.29, 0.717) is 13.0 Å². The normalized spacial score (nSPS) is 12.0. The van der Waals surface area contributed by atoms with E-state index in [-0.39, 0.29) is 5.91 Å². The van der Waals surface area contributed by atoms with Gasteiger partial charge in [-0.25, -0.2) is 0 Å². The SMILES string of the molecule is CCCCC(=O)N(C)CC(O)c1ccc(OC)cc1. The number of likely N-dealkylation sites (N-methyl/N-ethyl adjacent to an activating group) is 1. The molecule has 0 spiro atoms. The highest BCUT2D eigenvalue weighted by molar-refractivity contribution is 5.75. The van der Waals surface area contributed by atoms with Gasteiger partial charge in [0.15, 0.2) is 0 Å². The van der Waals surface area contributed by atoms with Crippen molar-refractivity contribution < 1.29 is 14.6 Å². The van der Waals surface area contributed by atoms with Gasteiger partial charge in [0.05, 0.1) is 19.8 Å². The molecule has 0 bridgehead atoms. The molecule has 0 saturated carbocycles. The first-order valence-corrected chi connectivity index (χ1v) is 6.64. The molecule has 0 fully saturated rings. The topological polar surface area (TPSA) is 49.8 Å². The molecule has 0 heterocycles. The highest BCUT2D eigenvalue weighted by atomic mass is 16.5. The fourth-order valence-corrected chi connectivity index (χ4v) is 1.81. The Morgan fingerprint density at radius 3 is 2.53 bits per heavy atom. The van der Waals surface area contributed by atoms with Crippen LogP contribution in [0.25, 0.3) is 0 Å². The van der Waals surface area contributed by atoms with Crippen LogP contribution in [-0.4, -0.2) is 36.6 Å². The lowest BCUT2D eigenvalue weighted by Crippen LogP contribution is -2.30. The van der Waals surface area contributed by atoms with Gasteiger partial charge < -0.3 is 14.7 Å².